The average molecular weight is 368 g/mol. The Balaban J connectivity index is 1.78. The number of rotatable bonds is 6. The smallest absolute Gasteiger partial charge is 0.258 e. The molecule has 9 nitrogen and oxygen atoms in total. The molecule has 3 rings (SSSR count). The maximum absolute atomic E-state index is 12.8. The molecule has 0 fully saturated rings. The molecule has 27 heavy (non-hydrogen) atoms. The number of hydrogen-bond donors (Lipinski definition) is 3. The van der Waals surface area contributed by atoms with Crippen LogP contribution in [0.15, 0.2) is 41.6 Å². The van der Waals surface area contributed by atoms with Crippen molar-refractivity contribution in [2.75, 3.05) is 7.05 Å². The summed E-state index contributed by atoms with van der Waals surface area (Å²) in [5, 5.41) is 3.15. The average Bonchev–Trinajstić information content (AvgIpc) is 3.13. The van der Waals surface area contributed by atoms with Crippen LogP contribution in [0.4, 0.5) is 0 Å². The van der Waals surface area contributed by atoms with Gasteiger partial charge in [-0.3, -0.25) is 14.4 Å². The van der Waals surface area contributed by atoms with Crippen molar-refractivity contribution in [3.05, 3.63) is 58.7 Å². The number of H-pyrrole nitrogens is 2. The van der Waals surface area contributed by atoms with Gasteiger partial charge in [-0.2, -0.15) is 0 Å². The van der Waals surface area contributed by atoms with Gasteiger partial charge in [0.2, 0.25) is 11.8 Å². The Morgan fingerprint density at radius 2 is 2.07 bits per heavy atom. The van der Waals surface area contributed by atoms with E-state index in [4.69, 9.17) is 0 Å². The molecule has 140 valence electrons. The van der Waals surface area contributed by atoms with Gasteiger partial charge < -0.3 is 20.2 Å². The Kier molecular flexibility index (Phi) is 5.30. The summed E-state index contributed by atoms with van der Waals surface area (Å²) in [6, 6.07) is 6.25. The Morgan fingerprint density at radius 1 is 1.30 bits per heavy atom. The Bertz CT molecular complexity index is 1010. The van der Waals surface area contributed by atoms with Crippen molar-refractivity contribution in [1.29, 1.82) is 0 Å². The van der Waals surface area contributed by atoms with Crippen LogP contribution in [-0.4, -0.2) is 49.7 Å². The molecule has 0 radical (unpaired) electrons. The molecular formula is C18H20N6O3. The summed E-state index contributed by atoms with van der Waals surface area (Å²) >= 11 is 0. The van der Waals surface area contributed by atoms with Gasteiger partial charge in [-0.15, -0.1) is 0 Å². The molecule has 3 N–H and O–H groups in total. The summed E-state index contributed by atoms with van der Waals surface area (Å²) in [7, 11) is 1.60. The molecule has 1 atom stereocenters. The monoisotopic (exact) mass is 368 g/mol. The highest BCUT2D eigenvalue weighted by Crippen LogP contribution is 2.08. The van der Waals surface area contributed by atoms with Crippen LogP contribution < -0.4 is 10.9 Å². The van der Waals surface area contributed by atoms with Crippen LogP contribution in [0.25, 0.3) is 10.9 Å². The summed E-state index contributed by atoms with van der Waals surface area (Å²) in [5.41, 5.74) is 1.04. The topological polar surface area (TPSA) is 124 Å². The number of hydrogen-bond acceptors (Lipinski definition) is 5. The number of carbonyl (C=O) groups is 2. The number of likely N-dealkylation sites (N-methyl/N-ethyl adjacent to an activating group) is 1. The van der Waals surface area contributed by atoms with Gasteiger partial charge in [0.15, 0.2) is 0 Å². The number of para-hydroxylation sites is 1. The molecule has 1 aromatic carbocycles. The number of carbonyl (C=O) groups excluding carboxylic acids is 2. The zero-order valence-corrected chi connectivity index (χ0v) is 15.0. The Morgan fingerprint density at radius 3 is 2.78 bits per heavy atom. The van der Waals surface area contributed by atoms with E-state index < -0.39 is 6.04 Å². The molecule has 0 bridgehead atoms. The van der Waals surface area contributed by atoms with Crippen molar-refractivity contribution in [2.24, 2.45) is 0 Å². The lowest BCUT2D eigenvalue weighted by Crippen LogP contribution is -2.48. The van der Waals surface area contributed by atoms with Gasteiger partial charge in [0.25, 0.3) is 5.56 Å². The molecule has 9 heteroatoms. The van der Waals surface area contributed by atoms with E-state index in [0.29, 0.717) is 16.7 Å². The van der Waals surface area contributed by atoms with Crippen molar-refractivity contribution >= 4 is 22.7 Å². The largest absolute Gasteiger partial charge is 0.348 e. The van der Waals surface area contributed by atoms with Gasteiger partial charge >= 0.3 is 0 Å². The standard InChI is InChI=1S/C18H20N6O3/c1-11(25)21-15(7-12-8-19-10-20-12)18(27)24(2)9-16-22-14-6-4-3-5-13(14)17(26)23-16/h3-6,8,10,15H,7,9H2,1-2H3,(H,19,20)(H,21,25)(H,22,23,26)/t15-/m0/s1. The lowest BCUT2D eigenvalue weighted by atomic mass is 10.1. The fourth-order valence-electron chi connectivity index (χ4n) is 2.84. The van der Waals surface area contributed by atoms with Crippen molar-refractivity contribution in [3.8, 4) is 0 Å². The molecule has 2 heterocycles. The van der Waals surface area contributed by atoms with E-state index in [1.807, 2.05) is 0 Å². The zero-order chi connectivity index (χ0) is 19.4. The number of amides is 2. The van der Waals surface area contributed by atoms with E-state index in [2.05, 4.69) is 25.3 Å². The van der Waals surface area contributed by atoms with E-state index >= 15 is 0 Å². The number of aromatic amines is 2. The molecule has 0 spiro atoms. The molecule has 0 aliphatic rings. The van der Waals surface area contributed by atoms with Crippen LogP contribution in [-0.2, 0) is 22.6 Å². The number of fused-ring (bicyclic) bond motifs is 1. The quantitative estimate of drug-likeness (QED) is 0.579. The van der Waals surface area contributed by atoms with Crippen molar-refractivity contribution in [1.82, 2.24) is 30.2 Å². The van der Waals surface area contributed by atoms with Crippen LogP contribution >= 0.6 is 0 Å². The van der Waals surface area contributed by atoms with Gasteiger partial charge in [0.1, 0.15) is 11.9 Å². The van der Waals surface area contributed by atoms with Gasteiger partial charge in [-0.05, 0) is 12.1 Å². The Labute approximate surface area is 154 Å². The third-order valence-electron chi connectivity index (χ3n) is 4.08. The van der Waals surface area contributed by atoms with E-state index in [0.717, 1.165) is 5.69 Å². The number of nitrogens with zero attached hydrogens (tertiary/aromatic N) is 3. The maximum Gasteiger partial charge on any atom is 0.258 e. The molecule has 2 aromatic heterocycles. The van der Waals surface area contributed by atoms with Crippen LogP contribution in [0, 0.1) is 0 Å². The molecule has 0 saturated carbocycles. The second-order valence-corrected chi connectivity index (χ2v) is 6.26. The summed E-state index contributed by atoms with van der Waals surface area (Å²) < 4.78 is 0. The third-order valence-corrected chi connectivity index (χ3v) is 4.08. The SMILES string of the molecule is CC(=O)N[C@@H](Cc1cnc[nH]1)C(=O)N(C)Cc1nc2ccccc2c(=O)[nH]1. The lowest BCUT2D eigenvalue weighted by molar-refractivity contribution is -0.135. The molecule has 0 aliphatic carbocycles. The first-order valence-electron chi connectivity index (χ1n) is 8.41. The molecule has 0 aliphatic heterocycles. The summed E-state index contributed by atoms with van der Waals surface area (Å²) in [6.07, 6.45) is 3.40. The number of aromatic nitrogens is 4. The minimum Gasteiger partial charge on any atom is -0.348 e. The van der Waals surface area contributed by atoms with Crippen molar-refractivity contribution in [2.45, 2.75) is 25.9 Å². The first kappa shape index (κ1) is 18.3. The summed E-state index contributed by atoms with van der Waals surface area (Å²) in [4.78, 5) is 51.8. The number of nitrogens with one attached hydrogen (secondary N) is 3. The zero-order valence-electron chi connectivity index (χ0n) is 15.0. The second-order valence-electron chi connectivity index (χ2n) is 6.26. The van der Waals surface area contributed by atoms with Crippen molar-refractivity contribution < 1.29 is 9.59 Å². The summed E-state index contributed by atoms with van der Waals surface area (Å²) in [5.74, 6) is -0.230. The highest BCUT2D eigenvalue weighted by Gasteiger charge is 2.24. The van der Waals surface area contributed by atoms with Gasteiger partial charge in [-0.25, -0.2) is 9.97 Å². The third kappa shape index (κ3) is 4.38. The highest BCUT2D eigenvalue weighted by atomic mass is 16.2. The van der Waals surface area contributed by atoms with Crippen LogP contribution in [0.1, 0.15) is 18.4 Å². The van der Waals surface area contributed by atoms with E-state index in [-0.39, 0.29) is 30.3 Å². The molecular weight excluding hydrogens is 348 g/mol. The predicted octanol–water partition coefficient (Wildman–Crippen LogP) is 0.352. The highest BCUT2D eigenvalue weighted by molar-refractivity contribution is 5.87. The molecule has 3 aromatic rings. The maximum atomic E-state index is 12.8. The fourth-order valence-corrected chi connectivity index (χ4v) is 2.84. The van der Waals surface area contributed by atoms with Crippen molar-refractivity contribution in [3.63, 3.8) is 0 Å². The fraction of sp³-hybridized carbons (Fsp3) is 0.278. The van der Waals surface area contributed by atoms with E-state index in [1.165, 1.54) is 18.2 Å². The Hall–Kier alpha value is -3.49. The van der Waals surface area contributed by atoms with E-state index in [9.17, 15) is 14.4 Å². The lowest BCUT2D eigenvalue weighted by Gasteiger charge is -2.23. The van der Waals surface area contributed by atoms with Gasteiger partial charge in [0.05, 0.1) is 23.8 Å². The number of imidazole rings is 1. The van der Waals surface area contributed by atoms with Crippen LogP contribution in [0.2, 0.25) is 0 Å². The first-order valence-corrected chi connectivity index (χ1v) is 8.41. The molecule has 0 unspecified atom stereocenters. The predicted molar refractivity (Wildman–Crippen MR) is 98.7 cm³/mol. The minimum absolute atomic E-state index is 0.109. The first-order chi connectivity index (χ1) is 12.9. The summed E-state index contributed by atoms with van der Waals surface area (Å²) in [6.45, 7) is 1.47. The minimum atomic E-state index is -0.750. The molecule has 0 saturated heterocycles. The van der Waals surface area contributed by atoms with Gasteiger partial charge in [-0.1, -0.05) is 12.1 Å². The van der Waals surface area contributed by atoms with Gasteiger partial charge in [0, 0.05) is 32.3 Å². The van der Waals surface area contributed by atoms with E-state index in [1.54, 1.807) is 37.5 Å². The van der Waals surface area contributed by atoms with Crippen LogP contribution in [0.3, 0.4) is 0 Å². The molecule has 2 amide bonds. The van der Waals surface area contributed by atoms with Crippen LogP contribution in [0.5, 0.6) is 0 Å². The second kappa shape index (κ2) is 7.81. The normalized spacial score (nSPS) is 11.9. The number of benzene rings is 1.